The summed E-state index contributed by atoms with van der Waals surface area (Å²) in [6.07, 6.45) is 6.68. The highest BCUT2D eigenvalue weighted by Gasteiger charge is 2.27. The van der Waals surface area contributed by atoms with E-state index in [0.29, 0.717) is 12.2 Å². The van der Waals surface area contributed by atoms with Crippen molar-refractivity contribution in [3.8, 4) is 0 Å². The molecule has 3 rings (SSSR count). The molecule has 1 fully saturated rings. The maximum absolute atomic E-state index is 12.5. The number of piperidine rings is 1. The minimum absolute atomic E-state index is 0.0469. The third-order valence-electron chi connectivity index (χ3n) is 3.86. The van der Waals surface area contributed by atoms with Crippen molar-refractivity contribution in [2.75, 3.05) is 13.1 Å². The van der Waals surface area contributed by atoms with E-state index in [0.717, 1.165) is 30.8 Å². The van der Waals surface area contributed by atoms with Crippen LogP contribution in [0, 0.1) is 13.8 Å². The van der Waals surface area contributed by atoms with Gasteiger partial charge in [-0.15, -0.1) is 0 Å². The van der Waals surface area contributed by atoms with Crippen molar-refractivity contribution >= 4 is 5.91 Å². The monoisotopic (exact) mass is 285 g/mol. The largest absolute Gasteiger partial charge is 0.335 e. The zero-order valence-electron chi connectivity index (χ0n) is 12.4. The lowest BCUT2D eigenvalue weighted by molar-refractivity contribution is 0.0665. The topological polar surface area (TPSA) is 63.9 Å². The molecule has 2 aromatic rings. The molecule has 1 aliphatic rings. The lowest BCUT2D eigenvalue weighted by Crippen LogP contribution is -2.41. The van der Waals surface area contributed by atoms with Crippen molar-refractivity contribution in [2.45, 2.75) is 32.7 Å². The maximum atomic E-state index is 12.5. The van der Waals surface area contributed by atoms with Crippen LogP contribution in [0.15, 0.2) is 24.7 Å². The summed E-state index contributed by atoms with van der Waals surface area (Å²) in [5, 5.41) is 4.55. The standard InChI is InChI=1S/C15H19N5O/c1-11-8-12(2)20(18-11)13-4-3-7-19(10-13)15(21)14-9-16-5-6-17-14/h5-6,8-9,13H,3-4,7,10H2,1-2H3. The van der Waals surface area contributed by atoms with Crippen LogP contribution in [0.4, 0.5) is 0 Å². The summed E-state index contributed by atoms with van der Waals surface area (Å²) in [5.74, 6) is -0.0469. The number of aromatic nitrogens is 4. The Morgan fingerprint density at radius 2 is 2.19 bits per heavy atom. The van der Waals surface area contributed by atoms with Gasteiger partial charge < -0.3 is 4.90 Å². The van der Waals surface area contributed by atoms with Crippen molar-refractivity contribution < 1.29 is 4.79 Å². The molecule has 6 heteroatoms. The SMILES string of the molecule is Cc1cc(C)n(C2CCCN(C(=O)c3cnccn3)C2)n1. The van der Waals surface area contributed by atoms with Crippen LogP contribution in [0.25, 0.3) is 0 Å². The van der Waals surface area contributed by atoms with Gasteiger partial charge in [0.1, 0.15) is 5.69 Å². The highest BCUT2D eigenvalue weighted by molar-refractivity contribution is 5.92. The molecule has 0 bridgehead atoms. The second-order valence-electron chi connectivity index (χ2n) is 5.51. The van der Waals surface area contributed by atoms with Gasteiger partial charge >= 0.3 is 0 Å². The van der Waals surface area contributed by atoms with Crippen LogP contribution in [0.5, 0.6) is 0 Å². The van der Waals surface area contributed by atoms with Crippen LogP contribution in [0.3, 0.4) is 0 Å². The molecule has 1 amide bonds. The highest BCUT2D eigenvalue weighted by Crippen LogP contribution is 2.23. The number of hydrogen-bond donors (Lipinski definition) is 0. The number of rotatable bonds is 2. The molecule has 0 spiro atoms. The fraction of sp³-hybridized carbons (Fsp3) is 0.467. The minimum atomic E-state index is -0.0469. The van der Waals surface area contributed by atoms with E-state index in [9.17, 15) is 4.79 Å². The first-order valence-electron chi connectivity index (χ1n) is 7.23. The summed E-state index contributed by atoms with van der Waals surface area (Å²) in [6.45, 7) is 5.50. The first-order chi connectivity index (χ1) is 10.1. The molecule has 2 aromatic heterocycles. The Labute approximate surface area is 123 Å². The van der Waals surface area contributed by atoms with Gasteiger partial charge in [0, 0.05) is 31.2 Å². The van der Waals surface area contributed by atoms with Gasteiger partial charge in [0.15, 0.2) is 0 Å². The third kappa shape index (κ3) is 2.79. The van der Waals surface area contributed by atoms with Gasteiger partial charge in [0.05, 0.1) is 17.9 Å². The molecule has 1 saturated heterocycles. The summed E-state index contributed by atoms with van der Waals surface area (Å²) in [6, 6.07) is 2.32. The summed E-state index contributed by atoms with van der Waals surface area (Å²) in [7, 11) is 0. The van der Waals surface area contributed by atoms with Crippen LogP contribution in [0.2, 0.25) is 0 Å². The average molecular weight is 285 g/mol. The Morgan fingerprint density at radius 3 is 2.86 bits per heavy atom. The molecular formula is C15H19N5O. The lowest BCUT2D eigenvalue weighted by Gasteiger charge is -2.33. The smallest absolute Gasteiger partial charge is 0.274 e. The van der Waals surface area contributed by atoms with E-state index in [1.54, 1.807) is 12.4 Å². The number of amides is 1. The fourth-order valence-electron chi connectivity index (χ4n) is 2.93. The first-order valence-corrected chi connectivity index (χ1v) is 7.23. The Hall–Kier alpha value is -2.24. The molecule has 0 N–H and O–H groups in total. The zero-order chi connectivity index (χ0) is 14.8. The van der Waals surface area contributed by atoms with Crippen molar-refractivity contribution in [1.29, 1.82) is 0 Å². The molecule has 21 heavy (non-hydrogen) atoms. The second-order valence-corrected chi connectivity index (χ2v) is 5.51. The van der Waals surface area contributed by atoms with Crippen LogP contribution >= 0.6 is 0 Å². The van der Waals surface area contributed by atoms with Crippen molar-refractivity contribution in [2.24, 2.45) is 0 Å². The second kappa shape index (κ2) is 5.63. The van der Waals surface area contributed by atoms with E-state index in [2.05, 4.69) is 28.1 Å². The molecule has 0 aliphatic carbocycles. The summed E-state index contributed by atoms with van der Waals surface area (Å²) < 4.78 is 2.05. The van der Waals surface area contributed by atoms with Gasteiger partial charge in [-0.1, -0.05) is 0 Å². The summed E-state index contributed by atoms with van der Waals surface area (Å²) in [5.41, 5.74) is 2.57. The zero-order valence-corrected chi connectivity index (χ0v) is 12.4. The number of likely N-dealkylation sites (tertiary alicyclic amines) is 1. The third-order valence-corrected chi connectivity index (χ3v) is 3.86. The molecule has 0 aromatic carbocycles. The highest BCUT2D eigenvalue weighted by atomic mass is 16.2. The van der Waals surface area contributed by atoms with E-state index in [1.165, 1.54) is 6.20 Å². The molecule has 1 unspecified atom stereocenters. The van der Waals surface area contributed by atoms with Crippen molar-refractivity contribution in [3.63, 3.8) is 0 Å². The predicted octanol–water partition coefficient (Wildman–Crippen LogP) is 1.77. The van der Waals surface area contributed by atoms with E-state index < -0.39 is 0 Å². The van der Waals surface area contributed by atoms with E-state index in [-0.39, 0.29) is 11.9 Å². The Balaban J connectivity index is 1.77. The van der Waals surface area contributed by atoms with Gasteiger partial charge in [-0.25, -0.2) is 4.98 Å². The van der Waals surface area contributed by atoms with Crippen LogP contribution in [-0.2, 0) is 0 Å². The van der Waals surface area contributed by atoms with Crippen molar-refractivity contribution in [1.82, 2.24) is 24.6 Å². The molecule has 0 radical (unpaired) electrons. The average Bonchev–Trinajstić information content (AvgIpc) is 2.86. The fourth-order valence-corrected chi connectivity index (χ4v) is 2.93. The lowest BCUT2D eigenvalue weighted by atomic mass is 10.1. The molecule has 110 valence electrons. The molecule has 0 saturated carbocycles. The Kier molecular flexibility index (Phi) is 3.68. The number of carbonyl (C=O) groups is 1. The van der Waals surface area contributed by atoms with E-state index >= 15 is 0 Å². The van der Waals surface area contributed by atoms with E-state index in [4.69, 9.17) is 0 Å². The molecule has 1 aliphatic heterocycles. The van der Waals surface area contributed by atoms with Crippen LogP contribution < -0.4 is 0 Å². The Bertz CT molecular complexity index is 637. The number of nitrogens with zero attached hydrogens (tertiary/aromatic N) is 5. The molecule has 3 heterocycles. The first kappa shape index (κ1) is 13.7. The maximum Gasteiger partial charge on any atom is 0.274 e. The van der Waals surface area contributed by atoms with Gasteiger partial charge in [0.2, 0.25) is 0 Å². The summed E-state index contributed by atoms with van der Waals surface area (Å²) >= 11 is 0. The molecule has 1 atom stereocenters. The minimum Gasteiger partial charge on any atom is -0.335 e. The van der Waals surface area contributed by atoms with Gasteiger partial charge in [-0.2, -0.15) is 5.10 Å². The van der Waals surface area contributed by atoms with Gasteiger partial charge in [0.25, 0.3) is 5.91 Å². The van der Waals surface area contributed by atoms with E-state index in [1.807, 2.05) is 16.5 Å². The number of carbonyl (C=O) groups excluding carboxylic acids is 1. The van der Waals surface area contributed by atoms with Crippen LogP contribution in [0.1, 0.15) is 40.8 Å². The van der Waals surface area contributed by atoms with Gasteiger partial charge in [-0.05, 0) is 32.8 Å². The number of hydrogen-bond acceptors (Lipinski definition) is 4. The van der Waals surface area contributed by atoms with Crippen LogP contribution in [-0.4, -0.2) is 43.6 Å². The number of aryl methyl sites for hydroxylation is 2. The predicted molar refractivity (Wildman–Crippen MR) is 77.9 cm³/mol. The normalized spacial score (nSPS) is 18.8. The van der Waals surface area contributed by atoms with Gasteiger partial charge in [-0.3, -0.25) is 14.5 Å². The quantitative estimate of drug-likeness (QED) is 0.843. The van der Waals surface area contributed by atoms with Crippen molar-refractivity contribution in [3.05, 3.63) is 41.7 Å². The molecular weight excluding hydrogens is 266 g/mol. The summed E-state index contributed by atoms with van der Waals surface area (Å²) in [4.78, 5) is 22.4. The Morgan fingerprint density at radius 1 is 1.33 bits per heavy atom. The molecule has 6 nitrogen and oxygen atoms in total.